The molecular weight excluding hydrogens is 242 g/mol. The first-order valence-electron chi connectivity index (χ1n) is 6.15. The maximum atomic E-state index is 11.9. The summed E-state index contributed by atoms with van der Waals surface area (Å²) < 4.78 is 6.53. The number of aryl methyl sites for hydroxylation is 1. The molecule has 0 aliphatic heterocycles. The van der Waals surface area contributed by atoms with E-state index in [0.29, 0.717) is 30.1 Å². The third-order valence-corrected chi connectivity index (χ3v) is 2.86. The number of esters is 1. The van der Waals surface area contributed by atoms with E-state index in [1.807, 2.05) is 30.3 Å². The Kier molecular flexibility index (Phi) is 3.85. The Labute approximate surface area is 112 Å². The number of nitrogens with two attached hydrogens (primary N) is 1. The van der Waals surface area contributed by atoms with E-state index in [-0.39, 0.29) is 0 Å². The van der Waals surface area contributed by atoms with Crippen molar-refractivity contribution in [1.82, 2.24) is 9.78 Å². The highest BCUT2D eigenvalue weighted by atomic mass is 16.5. The van der Waals surface area contributed by atoms with Gasteiger partial charge in [-0.1, -0.05) is 30.3 Å². The lowest BCUT2D eigenvalue weighted by Crippen LogP contribution is -2.10. The molecule has 5 heteroatoms. The van der Waals surface area contributed by atoms with Crippen LogP contribution in [-0.2, 0) is 18.2 Å². The molecule has 5 nitrogen and oxygen atoms in total. The first kappa shape index (κ1) is 13.1. The van der Waals surface area contributed by atoms with Gasteiger partial charge in [-0.25, -0.2) is 4.79 Å². The van der Waals surface area contributed by atoms with Crippen molar-refractivity contribution in [3.8, 4) is 0 Å². The lowest BCUT2D eigenvalue weighted by atomic mass is 10.1. The Hall–Kier alpha value is -2.30. The second kappa shape index (κ2) is 5.56. The number of carbonyl (C=O) groups excluding carboxylic acids is 1. The number of aromatic nitrogens is 2. The van der Waals surface area contributed by atoms with Crippen LogP contribution in [0.5, 0.6) is 0 Å². The summed E-state index contributed by atoms with van der Waals surface area (Å²) in [6.45, 7) is 2.08. The van der Waals surface area contributed by atoms with Gasteiger partial charge in [-0.15, -0.1) is 0 Å². The van der Waals surface area contributed by atoms with Crippen LogP contribution in [0.2, 0.25) is 0 Å². The van der Waals surface area contributed by atoms with Crippen LogP contribution in [0.4, 0.5) is 5.82 Å². The molecule has 0 saturated heterocycles. The van der Waals surface area contributed by atoms with Crippen LogP contribution in [0.15, 0.2) is 30.3 Å². The minimum atomic E-state index is -0.418. The highest BCUT2D eigenvalue weighted by molar-refractivity contribution is 5.95. The van der Waals surface area contributed by atoms with Crippen molar-refractivity contribution in [2.24, 2.45) is 7.05 Å². The summed E-state index contributed by atoms with van der Waals surface area (Å²) in [6, 6.07) is 9.82. The smallest absolute Gasteiger partial charge is 0.343 e. The molecule has 1 heterocycles. The van der Waals surface area contributed by atoms with E-state index in [1.54, 1.807) is 14.0 Å². The summed E-state index contributed by atoms with van der Waals surface area (Å²) in [7, 11) is 1.71. The average Bonchev–Trinajstić information content (AvgIpc) is 2.66. The molecule has 0 spiro atoms. The van der Waals surface area contributed by atoms with Crippen LogP contribution in [0, 0.1) is 0 Å². The number of nitrogen functional groups attached to an aromatic ring is 1. The number of rotatable bonds is 4. The van der Waals surface area contributed by atoms with Crippen LogP contribution in [0.3, 0.4) is 0 Å². The van der Waals surface area contributed by atoms with Crippen LogP contribution in [0.1, 0.15) is 28.5 Å². The number of ether oxygens (including phenoxy) is 1. The van der Waals surface area contributed by atoms with Gasteiger partial charge in [-0.3, -0.25) is 4.68 Å². The summed E-state index contributed by atoms with van der Waals surface area (Å²) in [5.74, 6) is -0.0802. The lowest BCUT2D eigenvalue weighted by molar-refractivity contribution is 0.0526. The van der Waals surface area contributed by atoms with Gasteiger partial charge in [0.05, 0.1) is 12.3 Å². The highest BCUT2D eigenvalue weighted by Gasteiger charge is 2.21. The summed E-state index contributed by atoms with van der Waals surface area (Å²) in [6.07, 6.45) is 0.556. The van der Waals surface area contributed by atoms with Crippen molar-refractivity contribution < 1.29 is 9.53 Å². The molecular formula is C14H17N3O2. The molecule has 0 aliphatic rings. The SMILES string of the molecule is CCOC(=O)c1c(Cc2ccccc2)nn(C)c1N. The highest BCUT2D eigenvalue weighted by Crippen LogP contribution is 2.20. The largest absolute Gasteiger partial charge is 0.462 e. The van der Waals surface area contributed by atoms with Gasteiger partial charge in [0.2, 0.25) is 0 Å². The van der Waals surface area contributed by atoms with E-state index in [0.717, 1.165) is 5.56 Å². The third-order valence-electron chi connectivity index (χ3n) is 2.86. The van der Waals surface area contributed by atoms with E-state index in [1.165, 1.54) is 4.68 Å². The van der Waals surface area contributed by atoms with E-state index in [4.69, 9.17) is 10.5 Å². The number of anilines is 1. The molecule has 2 N–H and O–H groups in total. The van der Waals surface area contributed by atoms with Crippen molar-refractivity contribution >= 4 is 11.8 Å². The molecule has 0 fully saturated rings. The normalized spacial score (nSPS) is 10.4. The van der Waals surface area contributed by atoms with Crippen LogP contribution >= 0.6 is 0 Å². The van der Waals surface area contributed by atoms with E-state index in [2.05, 4.69) is 5.10 Å². The molecule has 2 aromatic rings. The zero-order valence-electron chi connectivity index (χ0n) is 11.1. The number of hydrogen-bond acceptors (Lipinski definition) is 4. The minimum absolute atomic E-state index is 0.317. The Bertz CT molecular complexity index is 576. The van der Waals surface area contributed by atoms with Crippen molar-refractivity contribution in [2.75, 3.05) is 12.3 Å². The predicted octanol–water partition coefficient (Wildman–Crippen LogP) is 1.77. The van der Waals surface area contributed by atoms with E-state index < -0.39 is 5.97 Å². The molecule has 2 rings (SSSR count). The topological polar surface area (TPSA) is 70.1 Å². The second-order valence-electron chi connectivity index (χ2n) is 4.21. The van der Waals surface area contributed by atoms with Crippen molar-refractivity contribution in [3.63, 3.8) is 0 Å². The van der Waals surface area contributed by atoms with Gasteiger partial charge in [-0.05, 0) is 12.5 Å². The Morgan fingerprint density at radius 2 is 2.05 bits per heavy atom. The molecule has 0 saturated carbocycles. The summed E-state index contributed by atoms with van der Waals surface area (Å²) in [5, 5.41) is 4.30. The number of carbonyl (C=O) groups is 1. The van der Waals surface area contributed by atoms with Crippen LogP contribution < -0.4 is 5.73 Å². The van der Waals surface area contributed by atoms with Gasteiger partial charge < -0.3 is 10.5 Å². The van der Waals surface area contributed by atoms with E-state index >= 15 is 0 Å². The first-order chi connectivity index (χ1) is 9.13. The number of hydrogen-bond donors (Lipinski definition) is 1. The fourth-order valence-electron chi connectivity index (χ4n) is 1.93. The molecule has 1 aromatic heterocycles. The van der Waals surface area contributed by atoms with Gasteiger partial charge in [0.25, 0.3) is 0 Å². The standard InChI is InChI=1S/C14H17N3O2/c1-3-19-14(18)12-11(16-17(2)13(12)15)9-10-7-5-4-6-8-10/h4-8H,3,9,15H2,1-2H3. The zero-order chi connectivity index (χ0) is 13.8. The van der Waals surface area contributed by atoms with Crippen molar-refractivity contribution in [1.29, 1.82) is 0 Å². The van der Waals surface area contributed by atoms with Crippen molar-refractivity contribution in [3.05, 3.63) is 47.2 Å². The minimum Gasteiger partial charge on any atom is -0.462 e. The Morgan fingerprint density at radius 3 is 2.68 bits per heavy atom. The molecule has 1 aromatic carbocycles. The monoisotopic (exact) mass is 259 g/mol. The van der Waals surface area contributed by atoms with Gasteiger partial charge in [-0.2, -0.15) is 5.10 Å². The Balaban J connectivity index is 2.35. The average molecular weight is 259 g/mol. The van der Waals surface area contributed by atoms with Crippen molar-refractivity contribution in [2.45, 2.75) is 13.3 Å². The second-order valence-corrected chi connectivity index (χ2v) is 4.21. The predicted molar refractivity (Wildman–Crippen MR) is 72.8 cm³/mol. The molecule has 0 unspecified atom stereocenters. The summed E-state index contributed by atoms with van der Waals surface area (Å²) in [4.78, 5) is 11.9. The first-order valence-corrected chi connectivity index (χ1v) is 6.15. The molecule has 0 amide bonds. The zero-order valence-corrected chi connectivity index (χ0v) is 11.1. The number of benzene rings is 1. The molecule has 0 radical (unpaired) electrons. The fraction of sp³-hybridized carbons (Fsp3) is 0.286. The molecule has 100 valence electrons. The van der Waals surface area contributed by atoms with E-state index in [9.17, 15) is 4.79 Å². The fourth-order valence-corrected chi connectivity index (χ4v) is 1.93. The van der Waals surface area contributed by atoms with Gasteiger partial charge in [0.1, 0.15) is 11.4 Å². The summed E-state index contributed by atoms with van der Waals surface area (Å²) >= 11 is 0. The molecule has 0 atom stereocenters. The van der Waals surface area contributed by atoms with Crippen LogP contribution in [0.25, 0.3) is 0 Å². The molecule has 0 aliphatic carbocycles. The lowest BCUT2D eigenvalue weighted by Gasteiger charge is -2.03. The molecule has 19 heavy (non-hydrogen) atoms. The van der Waals surface area contributed by atoms with Gasteiger partial charge in [0.15, 0.2) is 0 Å². The van der Waals surface area contributed by atoms with Crippen LogP contribution in [-0.4, -0.2) is 22.4 Å². The Morgan fingerprint density at radius 1 is 1.37 bits per heavy atom. The molecule has 0 bridgehead atoms. The van der Waals surface area contributed by atoms with Gasteiger partial charge in [0, 0.05) is 13.5 Å². The van der Waals surface area contributed by atoms with Gasteiger partial charge >= 0.3 is 5.97 Å². The quantitative estimate of drug-likeness (QED) is 0.849. The number of nitrogens with zero attached hydrogens (tertiary/aromatic N) is 2. The third kappa shape index (κ3) is 2.76. The maximum Gasteiger partial charge on any atom is 0.343 e. The maximum absolute atomic E-state index is 11.9. The summed E-state index contributed by atoms with van der Waals surface area (Å²) in [5.41, 5.74) is 7.97.